The van der Waals surface area contributed by atoms with Gasteiger partial charge in [0, 0.05) is 31.0 Å². The lowest BCUT2D eigenvalue weighted by Crippen LogP contribution is -2.68. The Morgan fingerprint density at radius 1 is 0.964 bits per heavy atom. The van der Waals surface area contributed by atoms with Crippen molar-refractivity contribution < 1.29 is 14.7 Å². The van der Waals surface area contributed by atoms with Crippen LogP contribution in [0.4, 0.5) is 0 Å². The van der Waals surface area contributed by atoms with Crippen LogP contribution in [-0.2, 0) is 4.79 Å². The van der Waals surface area contributed by atoms with Crippen LogP contribution >= 0.6 is 0 Å². The van der Waals surface area contributed by atoms with Gasteiger partial charge in [-0.2, -0.15) is 0 Å². The quantitative estimate of drug-likeness (QED) is 0.803. The minimum atomic E-state index is -0.245. The smallest absolute Gasteiger partial charge is 0.253 e. The molecule has 3 rings (SSSR count). The van der Waals surface area contributed by atoms with Crippen LogP contribution in [0.3, 0.4) is 0 Å². The summed E-state index contributed by atoms with van der Waals surface area (Å²) in [5.41, 5.74) is 1.74. The first-order valence-electron chi connectivity index (χ1n) is 9.93. The van der Waals surface area contributed by atoms with E-state index in [4.69, 9.17) is 0 Å². The summed E-state index contributed by atoms with van der Waals surface area (Å²) in [5.74, 6) is -0.00924. The van der Waals surface area contributed by atoms with E-state index in [2.05, 4.69) is 0 Å². The number of nitrogens with zero attached hydrogens (tertiary/aromatic N) is 2. The first-order chi connectivity index (χ1) is 13.6. The molecule has 0 spiro atoms. The summed E-state index contributed by atoms with van der Waals surface area (Å²) in [6.07, 6.45) is 0.382. The molecule has 1 fully saturated rings. The lowest BCUT2D eigenvalue weighted by molar-refractivity contribution is -0.151. The number of likely N-dealkylation sites (N-methyl/N-ethyl adjacent to an activating group) is 1. The summed E-state index contributed by atoms with van der Waals surface area (Å²) < 4.78 is 0. The van der Waals surface area contributed by atoms with Gasteiger partial charge in [-0.3, -0.25) is 9.59 Å². The maximum absolute atomic E-state index is 13.0. The van der Waals surface area contributed by atoms with Gasteiger partial charge in [0.25, 0.3) is 5.91 Å². The van der Waals surface area contributed by atoms with Crippen LogP contribution in [0.5, 0.6) is 0 Å². The fraction of sp³-hybridized carbons (Fsp3) is 0.391. The maximum atomic E-state index is 13.0. The molecule has 1 aliphatic heterocycles. The topological polar surface area (TPSA) is 60.9 Å². The molecular formula is C23H28N2O3. The zero-order valence-corrected chi connectivity index (χ0v) is 16.5. The number of hydrogen-bond donors (Lipinski definition) is 1. The van der Waals surface area contributed by atoms with Crippen molar-refractivity contribution in [2.75, 3.05) is 19.7 Å². The summed E-state index contributed by atoms with van der Waals surface area (Å²) in [7, 11) is 0. The van der Waals surface area contributed by atoms with Crippen molar-refractivity contribution in [2.45, 2.75) is 38.3 Å². The number of carbonyl (C=O) groups excluding carboxylic acids is 2. The van der Waals surface area contributed by atoms with Gasteiger partial charge in [-0.1, -0.05) is 55.5 Å². The fourth-order valence-electron chi connectivity index (χ4n) is 4.17. The van der Waals surface area contributed by atoms with Crippen molar-refractivity contribution in [2.24, 2.45) is 0 Å². The molecule has 1 aliphatic rings. The number of likely N-dealkylation sites (tertiary alicyclic amines) is 1. The standard InChI is InChI=1S/C23H28N2O3/c1-3-21(27)25-19(22(20(25)16-26)17-11-7-5-8-12-17)15-24(4-2)23(28)18-13-9-6-10-14-18/h5-14,19-20,22,26H,3-4,15-16H2,1-2H3/t19-,20+,22-/m0/s1. The maximum Gasteiger partial charge on any atom is 0.253 e. The lowest BCUT2D eigenvalue weighted by Gasteiger charge is -2.56. The van der Waals surface area contributed by atoms with Crippen molar-refractivity contribution in [1.29, 1.82) is 0 Å². The van der Waals surface area contributed by atoms with Gasteiger partial charge in [0.15, 0.2) is 0 Å². The average molecular weight is 380 g/mol. The molecule has 28 heavy (non-hydrogen) atoms. The van der Waals surface area contributed by atoms with Crippen LogP contribution in [0, 0.1) is 0 Å². The van der Waals surface area contributed by atoms with Crippen LogP contribution in [0.15, 0.2) is 60.7 Å². The molecule has 0 unspecified atom stereocenters. The monoisotopic (exact) mass is 380 g/mol. The third kappa shape index (κ3) is 3.80. The van der Waals surface area contributed by atoms with Crippen LogP contribution in [0.25, 0.3) is 0 Å². The van der Waals surface area contributed by atoms with Gasteiger partial charge in [-0.25, -0.2) is 0 Å². The Morgan fingerprint density at radius 2 is 1.57 bits per heavy atom. The number of rotatable bonds is 7. The summed E-state index contributed by atoms with van der Waals surface area (Å²) in [6, 6.07) is 18.8. The Kier molecular flexibility index (Phi) is 6.47. The van der Waals surface area contributed by atoms with E-state index >= 15 is 0 Å². The highest BCUT2D eigenvalue weighted by Crippen LogP contribution is 2.41. The molecule has 0 radical (unpaired) electrons. The van der Waals surface area contributed by atoms with E-state index in [0.29, 0.717) is 25.1 Å². The van der Waals surface area contributed by atoms with Crippen molar-refractivity contribution in [1.82, 2.24) is 9.80 Å². The van der Waals surface area contributed by atoms with E-state index in [0.717, 1.165) is 5.56 Å². The molecule has 2 amide bonds. The van der Waals surface area contributed by atoms with Gasteiger partial charge < -0.3 is 14.9 Å². The Bertz CT molecular complexity index is 794. The van der Waals surface area contributed by atoms with E-state index < -0.39 is 0 Å². The fourth-order valence-corrected chi connectivity index (χ4v) is 4.17. The zero-order chi connectivity index (χ0) is 20.1. The molecule has 1 N–H and O–H groups in total. The molecule has 0 aliphatic carbocycles. The Labute approximate surface area is 166 Å². The molecule has 0 bridgehead atoms. The largest absolute Gasteiger partial charge is 0.394 e. The second-order valence-corrected chi connectivity index (χ2v) is 7.12. The molecule has 2 aromatic rings. The SMILES string of the molecule is CCC(=O)N1[C@H](CO)[C@@H](c2ccccc2)[C@@H]1CN(CC)C(=O)c1ccccc1. The molecule has 0 aromatic heterocycles. The molecule has 148 valence electrons. The predicted octanol–water partition coefficient (Wildman–Crippen LogP) is 2.91. The molecule has 5 heteroatoms. The van der Waals surface area contributed by atoms with Gasteiger partial charge in [0.1, 0.15) is 0 Å². The van der Waals surface area contributed by atoms with Gasteiger partial charge in [-0.05, 0) is 24.6 Å². The first kappa shape index (κ1) is 20.1. The Hall–Kier alpha value is -2.66. The highest BCUT2D eigenvalue weighted by Gasteiger charge is 2.51. The highest BCUT2D eigenvalue weighted by atomic mass is 16.3. The number of aliphatic hydroxyl groups excluding tert-OH is 1. The van der Waals surface area contributed by atoms with Crippen LogP contribution < -0.4 is 0 Å². The summed E-state index contributed by atoms with van der Waals surface area (Å²) in [6.45, 7) is 4.71. The Balaban J connectivity index is 1.88. The van der Waals surface area contributed by atoms with E-state index in [-0.39, 0.29) is 36.4 Å². The van der Waals surface area contributed by atoms with Crippen LogP contribution in [-0.4, -0.2) is 58.5 Å². The van der Waals surface area contributed by atoms with E-state index in [1.807, 2.05) is 74.5 Å². The van der Waals surface area contributed by atoms with E-state index in [1.165, 1.54) is 0 Å². The van der Waals surface area contributed by atoms with Gasteiger partial charge >= 0.3 is 0 Å². The minimum Gasteiger partial charge on any atom is -0.394 e. The number of aliphatic hydroxyl groups is 1. The van der Waals surface area contributed by atoms with E-state index in [1.54, 1.807) is 9.80 Å². The summed E-state index contributed by atoms with van der Waals surface area (Å²) >= 11 is 0. The third-order valence-corrected chi connectivity index (χ3v) is 5.60. The lowest BCUT2D eigenvalue weighted by atomic mass is 9.74. The van der Waals surface area contributed by atoms with Crippen molar-refractivity contribution in [3.8, 4) is 0 Å². The molecular weight excluding hydrogens is 352 g/mol. The molecule has 1 heterocycles. The van der Waals surface area contributed by atoms with Gasteiger partial charge in [0.2, 0.25) is 5.91 Å². The average Bonchev–Trinajstić information content (AvgIpc) is 2.74. The first-order valence-corrected chi connectivity index (χ1v) is 9.93. The minimum absolute atomic E-state index is 0.0133. The molecule has 2 aromatic carbocycles. The molecule has 3 atom stereocenters. The number of amides is 2. The van der Waals surface area contributed by atoms with Crippen LogP contribution in [0.2, 0.25) is 0 Å². The van der Waals surface area contributed by atoms with Crippen LogP contribution in [0.1, 0.15) is 42.1 Å². The third-order valence-electron chi connectivity index (χ3n) is 5.60. The number of carbonyl (C=O) groups is 2. The predicted molar refractivity (Wildman–Crippen MR) is 109 cm³/mol. The van der Waals surface area contributed by atoms with Gasteiger partial charge in [0.05, 0.1) is 18.7 Å². The molecule has 5 nitrogen and oxygen atoms in total. The molecule has 0 saturated carbocycles. The van der Waals surface area contributed by atoms with Gasteiger partial charge in [-0.15, -0.1) is 0 Å². The van der Waals surface area contributed by atoms with Crippen molar-refractivity contribution in [3.05, 3.63) is 71.8 Å². The molecule has 1 saturated heterocycles. The normalized spacial score (nSPS) is 21.1. The summed E-state index contributed by atoms with van der Waals surface area (Å²) in [5, 5.41) is 9.95. The second-order valence-electron chi connectivity index (χ2n) is 7.12. The summed E-state index contributed by atoms with van der Waals surface area (Å²) in [4.78, 5) is 29.1. The number of hydrogen-bond acceptors (Lipinski definition) is 3. The zero-order valence-electron chi connectivity index (χ0n) is 16.5. The second kappa shape index (κ2) is 9.02. The van der Waals surface area contributed by atoms with Crippen molar-refractivity contribution >= 4 is 11.8 Å². The Morgan fingerprint density at radius 3 is 2.11 bits per heavy atom. The highest BCUT2D eigenvalue weighted by molar-refractivity contribution is 5.94. The van der Waals surface area contributed by atoms with Crippen molar-refractivity contribution in [3.63, 3.8) is 0 Å². The number of benzene rings is 2. The van der Waals surface area contributed by atoms with E-state index in [9.17, 15) is 14.7 Å².